The zero-order valence-corrected chi connectivity index (χ0v) is 12.7. The zero-order valence-electron chi connectivity index (χ0n) is 8.00. The fourth-order valence-electron chi connectivity index (χ4n) is 1.78. The maximum absolute atomic E-state index is 2.53. The van der Waals surface area contributed by atoms with Crippen LogP contribution in [0.2, 0.25) is 5.32 Å². The van der Waals surface area contributed by atoms with E-state index in [9.17, 15) is 0 Å². The molecule has 0 bridgehead atoms. The second-order valence-electron chi connectivity index (χ2n) is 3.48. The van der Waals surface area contributed by atoms with Gasteiger partial charge in [0.25, 0.3) is 0 Å². The van der Waals surface area contributed by atoms with Crippen LogP contribution in [0.25, 0.3) is 10.4 Å². The van der Waals surface area contributed by atoms with Gasteiger partial charge in [0.1, 0.15) is 0 Å². The molecule has 0 aliphatic carbocycles. The van der Waals surface area contributed by atoms with E-state index in [1.807, 2.05) is 11.3 Å². The van der Waals surface area contributed by atoms with Crippen molar-refractivity contribution in [2.75, 3.05) is 0 Å². The van der Waals surface area contributed by atoms with Gasteiger partial charge in [0.15, 0.2) is 0 Å². The Morgan fingerprint density at radius 3 is 2.73 bits per heavy atom. The fourth-order valence-corrected chi connectivity index (χ4v) is 7.74. The number of rotatable bonds is 1. The summed E-state index contributed by atoms with van der Waals surface area (Å²) in [5.41, 5.74) is 3.04. The predicted molar refractivity (Wildman–Crippen MR) is 76.4 cm³/mol. The van der Waals surface area contributed by atoms with Gasteiger partial charge < -0.3 is 0 Å². The molecule has 15 heavy (non-hydrogen) atoms. The van der Waals surface area contributed by atoms with Crippen molar-refractivity contribution in [2.24, 2.45) is 0 Å². The minimum atomic E-state index is 0.757. The van der Waals surface area contributed by atoms with Crippen LogP contribution in [0.3, 0.4) is 0 Å². The van der Waals surface area contributed by atoms with Crippen molar-refractivity contribution in [3.8, 4) is 10.4 Å². The summed E-state index contributed by atoms with van der Waals surface area (Å²) in [5.74, 6) is 0. The van der Waals surface area contributed by atoms with Gasteiger partial charge in [0.2, 0.25) is 0 Å². The Kier molecular flexibility index (Phi) is 2.90. The van der Waals surface area contributed by atoms with Crippen molar-refractivity contribution >= 4 is 52.7 Å². The second-order valence-corrected chi connectivity index (χ2v) is 8.48. The van der Waals surface area contributed by atoms with E-state index in [4.69, 9.17) is 0 Å². The molecule has 0 spiro atoms. The van der Waals surface area contributed by atoms with E-state index >= 15 is 0 Å². The molecule has 76 valence electrons. The van der Waals surface area contributed by atoms with Crippen molar-refractivity contribution in [1.29, 1.82) is 0 Å². The molecule has 0 radical (unpaired) electrons. The first-order valence-electron chi connectivity index (χ1n) is 4.85. The Bertz CT molecular complexity index is 490. The van der Waals surface area contributed by atoms with Gasteiger partial charge in [-0.3, -0.25) is 0 Å². The maximum atomic E-state index is 2.53. The molecule has 0 unspecified atom stereocenters. The van der Waals surface area contributed by atoms with Gasteiger partial charge in [-0.25, -0.2) is 0 Å². The first-order chi connectivity index (χ1) is 7.36. The van der Waals surface area contributed by atoms with Crippen LogP contribution in [-0.4, -0.2) is 15.0 Å². The molecule has 1 aromatic carbocycles. The Labute approximate surface area is 113 Å². The number of halogens is 1. The topological polar surface area (TPSA) is 0 Å². The normalized spacial score (nSPS) is 14.2. The molecule has 1 aliphatic rings. The molecule has 0 fully saturated rings. The Balaban J connectivity index is 2.14. The number of benzene rings is 1. The summed E-state index contributed by atoms with van der Waals surface area (Å²) in [7, 11) is 0. The van der Waals surface area contributed by atoms with Crippen LogP contribution in [0.5, 0.6) is 0 Å². The van der Waals surface area contributed by atoms with Crippen LogP contribution < -0.4 is 3.78 Å². The van der Waals surface area contributed by atoms with E-state index < -0.39 is 0 Å². The van der Waals surface area contributed by atoms with Crippen molar-refractivity contribution in [2.45, 2.75) is 11.7 Å². The molecule has 3 heteroatoms. The molecule has 2 aromatic rings. The monoisotopic (exact) mass is 392 g/mol. The average molecular weight is 391 g/mol. The van der Waals surface area contributed by atoms with Crippen molar-refractivity contribution in [3.63, 3.8) is 0 Å². The van der Waals surface area contributed by atoms with Gasteiger partial charge >= 0.3 is 114 Å². The first-order valence-corrected chi connectivity index (χ1v) is 8.82. The van der Waals surface area contributed by atoms with Crippen LogP contribution >= 0.6 is 33.9 Å². The van der Waals surface area contributed by atoms with Crippen molar-refractivity contribution in [1.82, 2.24) is 0 Å². The Morgan fingerprint density at radius 2 is 2.00 bits per heavy atom. The van der Waals surface area contributed by atoms with Gasteiger partial charge in [0, 0.05) is 0 Å². The molecular formula is C12H9ISSe. The molecular weight excluding hydrogens is 382 g/mol. The second kappa shape index (κ2) is 4.21. The van der Waals surface area contributed by atoms with Crippen molar-refractivity contribution in [3.05, 3.63) is 39.5 Å². The van der Waals surface area contributed by atoms with E-state index in [2.05, 4.69) is 52.9 Å². The van der Waals surface area contributed by atoms with E-state index in [1.54, 1.807) is 9.34 Å². The Morgan fingerprint density at radius 1 is 1.20 bits per heavy atom. The third-order valence-electron chi connectivity index (χ3n) is 2.53. The molecule has 0 atom stereocenters. The van der Waals surface area contributed by atoms with Crippen LogP contribution in [-0.2, 0) is 6.42 Å². The van der Waals surface area contributed by atoms with E-state index in [-0.39, 0.29) is 0 Å². The zero-order chi connectivity index (χ0) is 10.3. The third-order valence-corrected chi connectivity index (χ3v) is 8.22. The number of hydrogen-bond donors (Lipinski definition) is 0. The van der Waals surface area contributed by atoms with Crippen LogP contribution in [0.1, 0.15) is 5.56 Å². The molecule has 3 rings (SSSR count). The molecule has 0 nitrogen and oxygen atoms in total. The molecule has 0 N–H and O–H groups in total. The van der Waals surface area contributed by atoms with Gasteiger partial charge in [-0.05, 0) is 0 Å². The molecule has 0 saturated heterocycles. The molecule has 1 aliphatic heterocycles. The average Bonchev–Trinajstić information content (AvgIpc) is 2.83. The van der Waals surface area contributed by atoms with Gasteiger partial charge in [-0.15, -0.1) is 0 Å². The summed E-state index contributed by atoms with van der Waals surface area (Å²) < 4.78 is 3.20. The summed E-state index contributed by atoms with van der Waals surface area (Å²) in [6.45, 7) is 0. The Hall–Kier alpha value is 0.169. The summed E-state index contributed by atoms with van der Waals surface area (Å²) in [4.78, 5) is 1.49. The first kappa shape index (κ1) is 10.3. The van der Waals surface area contributed by atoms with Crippen LogP contribution in [0.15, 0.2) is 30.3 Å². The molecule has 2 heterocycles. The summed E-state index contributed by atoms with van der Waals surface area (Å²) in [6, 6.07) is 10.8. The van der Waals surface area contributed by atoms with Gasteiger partial charge in [-0.2, -0.15) is 0 Å². The quantitative estimate of drug-likeness (QED) is 0.517. The third kappa shape index (κ3) is 1.80. The molecule has 0 saturated carbocycles. The van der Waals surface area contributed by atoms with Crippen LogP contribution in [0, 0.1) is 3.57 Å². The summed E-state index contributed by atoms with van der Waals surface area (Å²) >= 11 is 5.30. The van der Waals surface area contributed by atoms with Gasteiger partial charge in [-0.1, -0.05) is 0 Å². The summed E-state index contributed by atoms with van der Waals surface area (Å²) in [5, 5.41) is 1.42. The van der Waals surface area contributed by atoms with Gasteiger partial charge in [0.05, 0.1) is 0 Å². The predicted octanol–water partition coefficient (Wildman–Crippen LogP) is 3.32. The van der Waals surface area contributed by atoms with E-state index in [0.29, 0.717) is 0 Å². The molecule has 1 aromatic heterocycles. The minimum absolute atomic E-state index is 0.757. The van der Waals surface area contributed by atoms with E-state index in [1.165, 1.54) is 25.8 Å². The van der Waals surface area contributed by atoms with Crippen molar-refractivity contribution < 1.29 is 0 Å². The fraction of sp³-hybridized carbons (Fsp3) is 0.167. The summed E-state index contributed by atoms with van der Waals surface area (Å²) in [6.07, 6.45) is 1.32. The number of fused-ring (bicyclic) bond motifs is 1. The number of hydrogen-bond acceptors (Lipinski definition) is 1. The molecule has 0 amide bonds. The van der Waals surface area contributed by atoms with Crippen LogP contribution in [0.4, 0.5) is 0 Å². The van der Waals surface area contributed by atoms with E-state index in [0.717, 1.165) is 15.0 Å². The SMILES string of the molecule is Ic1c(-c2ccccc2)sc2c1CC[Se]2. The standard InChI is InChI=1S/C12H9ISSe/c13-10-9-6-7-15-12(9)14-11(10)8-4-2-1-3-5-8/h1-5H,6-7H2. The number of thiophene rings is 1.